The van der Waals surface area contributed by atoms with E-state index >= 15 is 0 Å². The first-order valence-electron chi connectivity index (χ1n) is 5.44. The molecule has 1 N–H and O–H groups in total. The number of ether oxygens (including phenoxy) is 1. The molecule has 0 aliphatic rings. The van der Waals surface area contributed by atoms with Gasteiger partial charge in [-0.15, -0.1) is 0 Å². The van der Waals surface area contributed by atoms with Crippen LogP contribution in [0.2, 0.25) is 0 Å². The zero-order chi connectivity index (χ0) is 14.5. The van der Waals surface area contributed by atoms with E-state index in [0.29, 0.717) is 0 Å². The van der Waals surface area contributed by atoms with E-state index in [1.165, 1.54) is 0 Å². The van der Waals surface area contributed by atoms with E-state index < -0.39 is 25.4 Å². The zero-order valence-corrected chi connectivity index (χ0v) is 10.1. The Morgan fingerprint density at radius 2 is 2.21 bits per heavy atom. The molecule has 6 nitrogen and oxygen atoms in total. The molecule has 0 fully saturated rings. The molecule has 1 unspecified atom stereocenters. The first-order valence-corrected chi connectivity index (χ1v) is 5.44. The summed E-state index contributed by atoms with van der Waals surface area (Å²) in [5.74, 6) is -0.969. The third kappa shape index (κ3) is 6.75. The third-order valence-corrected chi connectivity index (χ3v) is 2.05. The van der Waals surface area contributed by atoms with Crippen molar-refractivity contribution in [3.63, 3.8) is 0 Å². The lowest BCUT2D eigenvalue weighted by Gasteiger charge is -2.04. The summed E-state index contributed by atoms with van der Waals surface area (Å²) in [5.41, 5.74) is 0. The van der Waals surface area contributed by atoms with Crippen LogP contribution in [0, 0.1) is 5.92 Å². The molecule has 108 valence electrons. The predicted molar refractivity (Wildman–Crippen MR) is 55.1 cm³/mol. The topological polar surface area (TPSA) is 85.5 Å². The van der Waals surface area contributed by atoms with Gasteiger partial charge in [-0.3, -0.25) is 4.79 Å². The van der Waals surface area contributed by atoms with Crippen LogP contribution in [0.3, 0.4) is 0 Å². The summed E-state index contributed by atoms with van der Waals surface area (Å²) in [6.45, 7) is -0.0965. The fourth-order valence-corrected chi connectivity index (χ4v) is 1.36. The lowest BCUT2D eigenvalue weighted by atomic mass is 10.0. The van der Waals surface area contributed by atoms with Crippen LogP contribution in [-0.4, -0.2) is 34.0 Å². The number of carboxylic acid groups (broad SMARTS) is 1. The minimum absolute atomic E-state index is 0.00164. The number of halogens is 3. The zero-order valence-electron chi connectivity index (χ0n) is 10.1. The summed E-state index contributed by atoms with van der Waals surface area (Å²) in [6, 6.07) is 0. The van der Waals surface area contributed by atoms with Crippen molar-refractivity contribution >= 4 is 5.97 Å². The molecule has 0 saturated carbocycles. The number of nitrogens with zero attached hydrogens (tertiary/aromatic N) is 2. The van der Waals surface area contributed by atoms with Gasteiger partial charge in [-0.25, -0.2) is 0 Å². The van der Waals surface area contributed by atoms with Crippen LogP contribution in [0.15, 0.2) is 4.52 Å². The quantitative estimate of drug-likeness (QED) is 0.820. The lowest BCUT2D eigenvalue weighted by molar-refractivity contribution is -0.177. The highest BCUT2D eigenvalue weighted by atomic mass is 19.4. The van der Waals surface area contributed by atoms with Gasteiger partial charge in [0.15, 0.2) is 5.82 Å². The van der Waals surface area contributed by atoms with Crippen molar-refractivity contribution in [1.82, 2.24) is 10.1 Å². The third-order valence-electron chi connectivity index (χ3n) is 2.05. The molecular formula is C10H13F3N2O4. The van der Waals surface area contributed by atoms with Crippen molar-refractivity contribution in [2.45, 2.75) is 32.5 Å². The van der Waals surface area contributed by atoms with E-state index in [1.54, 1.807) is 6.92 Å². The van der Waals surface area contributed by atoms with Crippen molar-refractivity contribution in [3.05, 3.63) is 11.7 Å². The molecule has 0 saturated heterocycles. The molecule has 0 aliphatic heterocycles. The summed E-state index contributed by atoms with van der Waals surface area (Å²) in [7, 11) is 0. The Labute approximate surface area is 106 Å². The molecule has 19 heavy (non-hydrogen) atoms. The van der Waals surface area contributed by atoms with E-state index in [-0.39, 0.29) is 30.5 Å². The number of hydrogen-bond donors (Lipinski definition) is 1. The van der Waals surface area contributed by atoms with Crippen LogP contribution in [0.5, 0.6) is 0 Å². The summed E-state index contributed by atoms with van der Waals surface area (Å²) in [6.07, 6.45) is -4.20. The van der Waals surface area contributed by atoms with Gasteiger partial charge in [0.1, 0.15) is 13.2 Å². The Kier molecular flexibility index (Phi) is 5.28. The molecule has 1 aromatic heterocycles. The minimum atomic E-state index is -4.40. The molecule has 1 rings (SSSR count). The molecule has 9 heteroatoms. The standard InChI is InChI=1S/C10H13F3N2O4/c1-6(3-9(16)17)2-8-14-7(15-19-8)4-18-5-10(11,12)13/h6H,2-5H2,1H3,(H,16,17). The SMILES string of the molecule is CC(CC(=O)O)Cc1nc(COCC(F)(F)F)no1. The summed E-state index contributed by atoms with van der Waals surface area (Å²) in [4.78, 5) is 14.3. The van der Waals surface area contributed by atoms with Gasteiger partial charge in [0.05, 0.1) is 0 Å². The number of aliphatic carboxylic acids is 1. The smallest absolute Gasteiger partial charge is 0.411 e. The summed E-state index contributed by atoms with van der Waals surface area (Å²) < 4.78 is 44.6. The largest absolute Gasteiger partial charge is 0.481 e. The number of hydrogen-bond acceptors (Lipinski definition) is 5. The second-order valence-corrected chi connectivity index (χ2v) is 4.12. The molecule has 1 atom stereocenters. The van der Waals surface area contributed by atoms with Crippen molar-refractivity contribution in [2.24, 2.45) is 5.92 Å². The average Bonchev–Trinajstić information content (AvgIpc) is 2.62. The van der Waals surface area contributed by atoms with Gasteiger partial charge in [0, 0.05) is 12.8 Å². The van der Waals surface area contributed by atoms with Crippen LogP contribution in [0.1, 0.15) is 25.1 Å². The number of aromatic nitrogens is 2. The van der Waals surface area contributed by atoms with Crippen molar-refractivity contribution in [1.29, 1.82) is 0 Å². The van der Waals surface area contributed by atoms with Gasteiger partial charge in [0.25, 0.3) is 0 Å². The number of rotatable bonds is 7. The van der Waals surface area contributed by atoms with Gasteiger partial charge in [-0.1, -0.05) is 12.1 Å². The van der Waals surface area contributed by atoms with Crippen molar-refractivity contribution < 1.29 is 32.3 Å². The molecule has 0 radical (unpaired) electrons. The van der Waals surface area contributed by atoms with Crippen LogP contribution in [0.25, 0.3) is 0 Å². The summed E-state index contributed by atoms with van der Waals surface area (Å²) >= 11 is 0. The lowest BCUT2D eigenvalue weighted by Crippen LogP contribution is -2.17. The number of carboxylic acids is 1. The maximum Gasteiger partial charge on any atom is 0.411 e. The Bertz CT molecular complexity index is 419. The predicted octanol–water partition coefficient (Wildman–Crippen LogP) is 1.80. The Balaban J connectivity index is 2.38. The van der Waals surface area contributed by atoms with Gasteiger partial charge >= 0.3 is 12.1 Å². The van der Waals surface area contributed by atoms with E-state index in [9.17, 15) is 18.0 Å². The van der Waals surface area contributed by atoms with Gasteiger partial charge in [-0.05, 0) is 5.92 Å². The first-order chi connectivity index (χ1) is 8.76. The van der Waals surface area contributed by atoms with Gasteiger partial charge in [-0.2, -0.15) is 18.2 Å². The van der Waals surface area contributed by atoms with E-state index in [4.69, 9.17) is 9.63 Å². The van der Waals surface area contributed by atoms with E-state index in [0.717, 1.165) is 0 Å². The maximum atomic E-state index is 11.8. The van der Waals surface area contributed by atoms with Crippen LogP contribution < -0.4 is 0 Å². The second-order valence-electron chi connectivity index (χ2n) is 4.12. The molecule has 0 spiro atoms. The molecule has 1 heterocycles. The van der Waals surface area contributed by atoms with Crippen LogP contribution in [-0.2, 0) is 22.6 Å². The van der Waals surface area contributed by atoms with Gasteiger partial charge in [0.2, 0.25) is 5.89 Å². The highest BCUT2D eigenvalue weighted by Crippen LogP contribution is 2.15. The molecule has 1 aromatic rings. The van der Waals surface area contributed by atoms with E-state index in [1.807, 2.05) is 0 Å². The Morgan fingerprint density at radius 3 is 2.79 bits per heavy atom. The van der Waals surface area contributed by atoms with Crippen molar-refractivity contribution in [3.8, 4) is 0 Å². The molecular weight excluding hydrogens is 269 g/mol. The fraction of sp³-hybridized carbons (Fsp3) is 0.700. The molecule has 0 amide bonds. The van der Waals surface area contributed by atoms with Crippen molar-refractivity contribution in [2.75, 3.05) is 6.61 Å². The maximum absolute atomic E-state index is 11.8. The Morgan fingerprint density at radius 1 is 1.53 bits per heavy atom. The monoisotopic (exact) mass is 282 g/mol. The fourth-order valence-electron chi connectivity index (χ4n) is 1.36. The van der Waals surface area contributed by atoms with E-state index in [2.05, 4.69) is 14.9 Å². The van der Waals surface area contributed by atoms with Crippen LogP contribution in [0.4, 0.5) is 13.2 Å². The van der Waals surface area contributed by atoms with Gasteiger partial charge < -0.3 is 14.4 Å². The first kappa shape index (κ1) is 15.4. The highest BCUT2D eigenvalue weighted by Gasteiger charge is 2.27. The second kappa shape index (κ2) is 6.50. The minimum Gasteiger partial charge on any atom is -0.481 e. The number of carbonyl (C=O) groups is 1. The number of alkyl halides is 3. The molecule has 0 aromatic carbocycles. The summed E-state index contributed by atoms with van der Waals surface area (Å²) in [5, 5.41) is 12.0. The van der Waals surface area contributed by atoms with Crippen LogP contribution >= 0.6 is 0 Å². The average molecular weight is 282 g/mol. The molecule has 0 aliphatic carbocycles. The molecule has 0 bridgehead atoms. The highest BCUT2D eigenvalue weighted by molar-refractivity contribution is 5.66. The Hall–Kier alpha value is -1.64. The normalized spacial score (nSPS) is 13.5.